The molecular weight excluding hydrogens is 219 g/mol. The van der Waals surface area contributed by atoms with Crippen LogP contribution in [0.3, 0.4) is 0 Å². The lowest BCUT2D eigenvalue weighted by Crippen LogP contribution is -2.27. The average molecular weight is 232 g/mol. The highest BCUT2D eigenvalue weighted by atomic mass is 19.1. The van der Waals surface area contributed by atoms with Gasteiger partial charge in [0, 0.05) is 11.1 Å². The topological polar surface area (TPSA) is 26.3 Å². The van der Waals surface area contributed by atoms with Gasteiger partial charge in [0.25, 0.3) is 0 Å². The first-order chi connectivity index (χ1) is 7.89. The summed E-state index contributed by atoms with van der Waals surface area (Å²) in [5.74, 6) is 1.32. The van der Waals surface area contributed by atoms with Gasteiger partial charge in [0.1, 0.15) is 5.82 Å². The van der Waals surface area contributed by atoms with Gasteiger partial charge in [0.05, 0.1) is 0 Å². The van der Waals surface area contributed by atoms with Crippen LogP contribution in [0, 0.1) is 18.2 Å². The lowest BCUT2D eigenvalue weighted by atomic mass is 9.96. The molecule has 1 atom stereocenters. The van der Waals surface area contributed by atoms with E-state index in [9.17, 15) is 9.18 Å². The van der Waals surface area contributed by atoms with E-state index in [0.717, 1.165) is 0 Å². The average Bonchev–Trinajstić information content (AvgIpc) is 2.28. The van der Waals surface area contributed by atoms with Crippen LogP contribution in [-0.2, 0) is 15.1 Å². The van der Waals surface area contributed by atoms with Crippen LogP contribution in [-0.4, -0.2) is 5.97 Å². The molecule has 1 rings (SSSR count). The van der Waals surface area contributed by atoms with Crippen molar-refractivity contribution >= 4 is 5.97 Å². The van der Waals surface area contributed by atoms with E-state index in [4.69, 9.17) is 11.2 Å². The highest BCUT2D eigenvalue weighted by Crippen LogP contribution is 2.26. The summed E-state index contributed by atoms with van der Waals surface area (Å²) in [6, 6.07) is 5.65. The number of rotatable bonds is 3. The molecule has 0 saturated carbocycles. The van der Waals surface area contributed by atoms with Crippen LogP contribution in [0.2, 0.25) is 0 Å². The molecule has 0 N–H and O–H groups in total. The number of hydrogen-bond acceptors (Lipinski definition) is 2. The van der Waals surface area contributed by atoms with Crippen LogP contribution in [0.25, 0.3) is 0 Å². The van der Waals surface area contributed by atoms with Crippen molar-refractivity contribution in [2.45, 2.75) is 19.4 Å². The molecule has 1 aromatic carbocycles. The Morgan fingerprint density at radius 3 is 2.71 bits per heavy atom. The van der Waals surface area contributed by atoms with E-state index in [1.54, 1.807) is 6.07 Å². The molecule has 0 heterocycles. The standard InChI is InChI=1S/C14H13FO2/c1-5-14(4,17-13(16)10(2)3)11-7-6-8-12(15)9-11/h1,6-9H,2H2,3-4H3. The Morgan fingerprint density at radius 2 is 2.24 bits per heavy atom. The molecule has 2 nitrogen and oxygen atoms in total. The fraction of sp³-hybridized carbons (Fsp3) is 0.214. The van der Waals surface area contributed by atoms with Gasteiger partial charge in [-0.1, -0.05) is 24.6 Å². The van der Waals surface area contributed by atoms with Crippen LogP contribution < -0.4 is 0 Å². The van der Waals surface area contributed by atoms with Crippen LogP contribution in [0.1, 0.15) is 19.4 Å². The Morgan fingerprint density at radius 1 is 1.59 bits per heavy atom. The summed E-state index contributed by atoms with van der Waals surface area (Å²) in [7, 11) is 0. The third kappa shape index (κ3) is 2.94. The second-order valence-corrected chi connectivity index (χ2v) is 3.86. The van der Waals surface area contributed by atoms with E-state index < -0.39 is 17.4 Å². The molecular formula is C14H13FO2. The summed E-state index contributed by atoms with van der Waals surface area (Å²) >= 11 is 0. The maximum atomic E-state index is 13.1. The number of halogens is 1. The largest absolute Gasteiger partial charge is 0.438 e. The number of carbonyl (C=O) groups excluding carboxylic acids is 1. The molecule has 0 aromatic heterocycles. The first-order valence-corrected chi connectivity index (χ1v) is 5.01. The molecule has 0 saturated heterocycles. The fourth-order valence-electron chi connectivity index (χ4n) is 1.23. The van der Waals surface area contributed by atoms with Gasteiger partial charge in [0.2, 0.25) is 0 Å². The normalized spacial score (nSPS) is 13.3. The molecule has 0 amide bonds. The summed E-state index contributed by atoms with van der Waals surface area (Å²) in [4.78, 5) is 11.5. The Hall–Kier alpha value is -2.08. The Labute approximate surface area is 100 Å². The van der Waals surface area contributed by atoms with Crippen molar-refractivity contribution in [3.05, 3.63) is 47.8 Å². The zero-order chi connectivity index (χ0) is 13.1. The van der Waals surface area contributed by atoms with Crippen LogP contribution >= 0.6 is 0 Å². The van der Waals surface area contributed by atoms with Crippen LogP contribution in [0.5, 0.6) is 0 Å². The van der Waals surface area contributed by atoms with Gasteiger partial charge in [-0.3, -0.25) is 0 Å². The van der Waals surface area contributed by atoms with Crippen LogP contribution in [0.15, 0.2) is 36.4 Å². The maximum Gasteiger partial charge on any atom is 0.334 e. The van der Waals surface area contributed by atoms with E-state index >= 15 is 0 Å². The minimum atomic E-state index is -1.29. The van der Waals surface area contributed by atoms with Crippen molar-refractivity contribution < 1.29 is 13.9 Å². The first kappa shape index (κ1) is 13.0. The van der Waals surface area contributed by atoms with Crippen molar-refractivity contribution in [3.8, 4) is 12.3 Å². The summed E-state index contributed by atoms with van der Waals surface area (Å²) in [5, 5.41) is 0. The van der Waals surface area contributed by atoms with Gasteiger partial charge in [-0.25, -0.2) is 9.18 Å². The van der Waals surface area contributed by atoms with E-state index in [0.29, 0.717) is 5.56 Å². The zero-order valence-corrected chi connectivity index (χ0v) is 9.79. The highest BCUT2D eigenvalue weighted by molar-refractivity contribution is 5.87. The molecule has 1 unspecified atom stereocenters. The number of carbonyl (C=O) groups is 1. The lowest BCUT2D eigenvalue weighted by Gasteiger charge is -2.24. The molecule has 88 valence electrons. The van der Waals surface area contributed by atoms with Crippen molar-refractivity contribution in [1.29, 1.82) is 0 Å². The molecule has 0 bridgehead atoms. The first-order valence-electron chi connectivity index (χ1n) is 5.01. The summed E-state index contributed by atoms with van der Waals surface area (Å²) in [6.07, 6.45) is 5.36. The maximum absolute atomic E-state index is 13.1. The van der Waals surface area contributed by atoms with Crippen LogP contribution in [0.4, 0.5) is 4.39 Å². The Kier molecular flexibility index (Phi) is 3.69. The summed E-state index contributed by atoms with van der Waals surface area (Å²) in [6.45, 7) is 6.52. The predicted octanol–water partition coefficient (Wildman–Crippen LogP) is 2.79. The fourth-order valence-corrected chi connectivity index (χ4v) is 1.23. The number of terminal acetylenes is 1. The third-order valence-corrected chi connectivity index (χ3v) is 2.30. The van der Waals surface area contributed by atoms with E-state index in [1.165, 1.54) is 32.0 Å². The number of ether oxygens (including phenoxy) is 1. The summed E-state index contributed by atoms with van der Waals surface area (Å²) < 4.78 is 18.3. The number of hydrogen-bond donors (Lipinski definition) is 0. The molecule has 0 fully saturated rings. The molecule has 0 radical (unpaired) electrons. The van der Waals surface area contributed by atoms with Crippen molar-refractivity contribution in [1.82, 2.24) is 0 Å². The van der Waals surface area contributed by atoms with E-state index in [-0.39, 0.29) is 5.57 Å². The van der Waals surface area contributed by atoms with Gasteiger partial charge in [0.15, 0.2) is 5.60 Å². The predicted molar refractivity (Wildman–Crippen MR) is 63.5 cm³/mol. The second-order valence-electron chi connectivity index (χ2n) is 3.86. The van der Waals surface area contributed by atoms with E-state index in [1.807, 2.05) is 0 Å². The Bertz CT molecular complexity index is 499. The third-order valence-electron chi connectivity index (χ3n) is 2.30. The molecule has 3 heteroatoms. The lowest BCUT2D eigenvalue weighted by molar-refractivity contribution is -0.148. The van der Waals surface area contributed by atoms with Gasteiger partial charge in [-0.15, -0.1) is 6.42 Å². The SMILES string of the molecule is C#CC(C)(OC(=O)C(=C)C)c1cccc(F)c1. The van der Waals surface area contributed by atoms with Gasteiger partial charge < -0.3 is 4.74 Å². The molecule has 0 aliphatic carbocycles. The molecule has 0 spiro atoms. The zero-order valence-electron chi connectivity index (χ0n) is 9.79. The van der Waals surface area contributed by atoms with Crippen molar-refractivity contribution in [3.63, 3.8) is 0 Å². The minimum Gasteiger partial charge on any atom is -0.438 e. The Balaban J connectivity index is 3.09. The minimum absolute atomic E-state index is 0.239. The molecule has 17 heavy (non-hydrogen) atoms. The van der Waals surface area contributed by atoms with Crippen molar-refractivity contribution in [2.24, 2.45) is 0 Å². The van der Waals surface area contributed by atoms with E-state index in [2.05, 4.69) is 12.5 Å². The molecule has 1 aromatic rings. The van der Waals surface area contributed by atoms with Gasteiger partial charge in [-0.05, 0) is 26.0 Å². The smallest absolute Gasteiger partial charge is 0.334 e. The number of esters is 1. The van der Waals surface area contributed by atoms with Gasteiger partial charge >= 0.3 is 5.97 Å². The monoisotopic (exact) mass is 232 g/mol. The number of benzene rings is 1. The molecule has 0 aliphatic rings. The van der Waals surface area contributed by atoms with Crippen molar-refractivity contribution in [2.75, 3.05) is 0 Å². The molecule has 0 aliphatic heterocycles. The highest BCUT2D eigenvalue weighted by Gasteiger charge is 2.29. The second kappa shape index (κ2) is 4.84. The quantitative estimate of drug-likeness (QED) is 0.455. The summed E-state index contributed by atoms with van der Waals surface area (Å²) in [5.41, 5.74) is -0.643. The van der Waals surface area contributed by atoms with Gasteiger partial charge in [-0.2, -0.15) is 0 Å².